The molecule has 1 saturated heterocycles. The maximum absolute atomic E-state index is 5.48. The van der Waals surface area contributed by atoms with Crippen molar-refractivity contribution < 1.29 is 4.52 Å². The van der Waals surface area contributed by atoms with Gasteiger partial charge < -0.3 is 9.84 Å². The van der Waals surface area contributed by atoms with E-state index in [0.29, 0.717) is 5.92 Å². The molecule has 1 saturated carbocycles. The van der Waals surface area contributed by atoms with Crippen molar-refractivity contribution in [1.82, 2.24) is 15.5 Å². The van der Waals surface area contributed by atoms with Gasteiger partial charge in [0.25, 0.3) is 0 Å². The van der Waals surface area contributed by atoms with Gasteiger partial charge >= 0.3 is 0 Å². The average Bonchev–Trinajstić information content (AvgIpc) is 2.76. The summed E-state index contributed by atoms with van der Waals surface area (Å²) in [5.41, 5.74) is 0. The Morgan fingerprint density at radius 2 is 1.85 bits per heavy atom. The van der Waals surface area contributed by atoms with Crippen LogP contribution in [0.5, 0.6) is 0 Å². The van der Waals surface area contributed by atoms with E-state index in [2.05, 4.69) is 15.5 Å². The number of nitrogens with zero attached hydrogens (tertiary/aromatic N) is 2. The predicted octanol–water partition coefficient (Wildman–Crippen LogP) is 3.47. The standard InChI is InChI=1S/C15H25N3O.ClH/c1-2-6-13(7-3-1)15-17-14(19-18-15)11-12-5-4-9-16-10-8-12;/h12-13,16H,1-11H2;1H. The van der Waals surface area contributed by atoms with Gasteiger partial charge in [0.05, 0.1) is 0 Å². The van der Waals surface area contributed by atoms with Gasteiger partial charge in [0.15, 0.2) is 5.82 Å². The van der Waals surface area contributed by atoms with Crippen LogP contribution in [0.4, 0.5) is 0 Å². The van der Waals surface area contributed by atoms with E-state index in [-0.39, 0.29) is 12.4 Å². The van der Waals surface area contributed by atoms with Crippen molar-refractivity contribution in [2.75, 3.05) is 13.1 Å². The molecule has 0 spiro atoms. The van der Waals surface area contributed by atoms with Crippen LogP contribution >= 0.6 is 12.4 Å². The van der Waals surface area contributed by atoms with Gasteiger partial charge in [-0.15, -0.1) is 12.4 Å². The van der Waals surface area contributed by atoms with Gasteiger partial charge in [-0.3, -0.25) is 0 Å². The van der Waals surface area contributed by atoms with Crippen molar-refractivity contribution in [3.8, 4) is 0 Å². The van der Waals surface area contributed by atoms with Gasteiger partial charge in [-0.05, 0) is 51.1 Å². The lowest BCUT2D eigenvalue weighted by atomic mass is 9.89. The monoisotopic (exact) mass is 299 g/mol. The first-order chi connectivity index (χ1) is 9.42. The molecule has 0 bridgehead atoms. The normalized spacial score (nSPS) is 24.9. The molecule has 0 radical (unpaired) electrons. The second-order valence-electron chi connectivity index (χ2n) is 6.13. The van der Waals surface area contributed by atoms with Crippen molar-refractivity contribution in [3.63, 3.8) is 0 Å². The molecular formula is C15H26ClN3O. The highest BCUT2D eigenvalue weighted by Gasteiger charge is 2.22. The van der Waals surface area contributed by atoms with Gasteiger partial charge in [0, 0.05) is 12.3 Å². The van der Waals surface area contributed by atoms with Gasteiger partial charge in [0.2, 0.25) is 5.89 Å². The minimum atomic E-state index is 0. The first kappa shape index (κ1) is 15.8. The number of halogens is 1. The SMILES string of the molecule is C1CCC(c2noc(CC3CCCNCC3)n2)CC1.Cl. The number of rotatable bonds is 3. The number of hydrogen-bond donors (Lipinski definition) is 1. The molecule has 0 aromatic carbocycles. The summed E-state index contributed by atoms with van der Waals surface area (Å²) in [5.74, 6) is 3.12. The first-order valence-corrected chi connectivity index (χ1v) is 7.95. The molecule has 2 fully saturated rings. The van der Waals surface area contributed by atoms with Gasteiger partial charge in [-0.1, -0.05) is 24.4 Å². The molecule has 1 N–H and O–H groups in total. The van der Waals surface area contributed by atoms with E-state index in [1.54, 1.807) is 0 Å². The second kappa shape index (κ2) is 7.99. The quantitative estimate of drug-likeness (QED) is 0.928. The second-order valence-corrected chi connectivity index (χ2v) is 6.13. The molecule has 1 aromatic heterocycles. The highest BCUT2D eigenvalue weighted by atomic mass is 35.5. The lowest BCUT2D eigenvalue weighted by Gasteiger charge is -2.17. The predicted molar refractivity (Wildman–Crippen MR) is 81.3 cm³/mol. The van der Waals surface area contributed by atoms with E-state index in [4.69, 9.17) is 4.52 Å². The fourth-order valence-electron chi connectivity index (χ4n) is 3.42. The molecule has 1 aromatic rings. The highest BCUT2D eigenvalue weighted by molar-refractivity contribution is 5.85. The minimum absolute atomic E-state index is 0. The third-order valence-electron chi connectivity index (χ3n) is 4.61. The van der Waals surface area contributed by atoms with Crippen molar-refractivity contribution >= 4 is 12.4 Å². The lowest BCUT2D eigenvalue weighted by Crippen LogP contribution is -2.14. The fourth-order valence-corrected chi connectivity index (χ4v) is 3.42. The number of aromatic nitrogens is 2. The lowest BCUT2D eigenvalue weighted by molar-refractivity contribution is 0.332. The van der Waals surface area contributed by atoms with Crippen LogP contribution in [0.1, 0.15) is 69.0 Å². The first-order valence-electron chi connectivity index (χ1n) is 7.95. The maximum Gasteiger partial charge on any atom is 0.226 e. The van der Waals surface area contributed by atoms with Gasteiger partial charge in [-0.25, -0.2) is 0 Å². The van der Waals surface area contributed by atoms with Gasteiger partial charge in [-0.2, -0.15) is 4.98 Å². The zero-order valence-corrected chi connectivity index (χ0v) is 13.0. The summed E-state index contributed by atoms with van der Waals surface area (Å²) in [4.78, 5) is 4.66. The summed E-state index contributed by atoms with van der Waals surface area (Å²) < 4.78 is 5.48. The van der Waals surface area contributed by atoms with Crippen LogP contribution < -0.4 is 5.32 Å². The molecule has 114 valence electrons. The molecular weight excluding hydrogens is 274 g/mol. The van der Waals surface area contributed by atoms with Crippen LogP contribution in [0.15, 0.2) is 4.52 Å². The van der Waals surface area contributed by atoms with Crippen LogP contribution in [0, 0.1) is 5.92 Å². The van der Waals surface area contributed by atoms with E-state index in [1.165, 1.54) is 51.4 Å². The topological polar surface area (TPSA) is 51.0 Å². The Kier molecular flexibility index (Phi) is 6.30. The summed E-state index contributed by atoms with van der Waals surface area (Å²) in [6.45, 7) is 2.29. The minimum Gasteiger partial charge on any atom is -0.339 e. The Labute approximate surface area is 127 Å². The smallest absolute Gasteiger partial charge is 0.226 e. The van der Waals surface area contributed by atoms with Crippen molar-refractivity contribution in [2.24, 2.45) is 5.92 Å². The molecule has 5 heteroatoms. The Hall–Kier alpha value is -0.610. The molecule has 2 heterocycles. The Morgan fingerprint density at radius 1 is 1.00 bits per heavy atom. The Morgan fingerprint density at radius 3 is 2.70 bits per heavy atom. The zero-order valence-electron chi connectivity index (χ0n) is 12.1. The van der Waals surface area contributed by atoms with E-state index in [9.17, 15) is 0 Å². The molecule has 1 aliphatic heterocycles. The third kappa shape index (κ3) is 4.19. The van der Waals surface area contributed by atoms with Crippen LogP contribution in [-0.2, 0) is 6.42 Å². The van der Waals surface area contributed by atoms with Crippen molar-refractivity contribution in [2.45, 2.75) is 63.7 Å². The molecule has 0 amide bonds. The number of hydrogen-bond acceptors (Lipinski definition) is 4. The van der Waals surface area contributed by atoms with E-state index in [1.807, 2.05) is 0 Å². The largest absolute Gasteiger partial charge is 0.339 e. The van der Waals surface area contributed by atoms with E-state index < -0.39 is 0 Å². The van der Waals surface area contributed by atoms with E-state index >= 15 is 0 Å². The molecule has 20 heavy (non-hydrogen) atoms. The van der Waals surface area contributed by atoms with Crippen LogP contribution in [-0.4, -0.2) is 23.2 Å². The molecule has 1 unspecified atom stereocenters. The van der Waals surface area contributed by atoms with Crippen molar-refractivity contribution in [1.29, 1.82) is 0 Å². The summed E-state index contributed by atoms with van der Waals surface area (Å²) in [6.07, 6.45) is 11.3. The Balaban J connectivity index is 0.00000147. The highest BCUT2D eigenvalue weighted by Crippen LogP contribution is 2.31. The molecule has 1 atom stereocenters. The van der Waals surface area contributed by atoms with Crippen LogP contribution in [0.25, 0.3) is 0 Å². The van der Waals surface area contributed by atoms with Crippen molar-refractivity contribution in [3.05, 3.63) is 11.7 Å². The fraction of sp³-hybridized carbons (Fsp3) is 0.867. The average molecular weight is 300 g/mol. The van der Waals surface area contributed by atoms with Crippen LogP contribution in [0.2, 0.25) is 0 Å². The zero-order chi connectivity index (χ0) is 12.9. The molecule has 2 aliphatic rings. The summed E-state index contributed by atoms with van der Waals surface area (Å²) in [6, 6.07) is 0. The Bertz CT molecular complexity index is 382. The molecule has 4 nitrogen and oxygen atoms in total. The molecule has 3 rings (SSSR count). The summed E-state index contributed by atoms with van der Waals surface area (Å²) >= 11 is 0. The van der Waals surface area contributed by atoms with Crippen LogP contribution in [0.3, 0.4) is 0 Å². The maximum atomic E-state index is 5.48. The summed E-state index contributed by atoms with van der Waals surface area (Å²) in [5, 5.41) is 7.68. The summed E-state index contributed by atoms with van der Waals surface area (Å²) in [7, 11) is 0. The van der Waals surface area contributed by atoms with E-state index in [0.717, 1.165) is 37.1 Å². The number of nitrogens with one attached hydrogen (secondary N) is 1. The molecule has 1 aliphatic carbocycles. The van der Waals surface area contributed by atoms with Gasteiger partial charge in [0.1, 0.15) is 0 Å². The third-order valence-corrected chi connectivity index (χ3v) is 4.61.